The molecule has 1 aromatic carbocycles. The molecule has 0 heterocycles. The van der Waals surface area contributed by atoms with E-state index < -0.39 is 0 Å². The molecule has 1 N–H and O–H groups in total. The maximum Gasteiger partial charge on any atom is 0.128 e. The monoisotopic (exact) mass is 279 g/mol. The summed E-state index contributed by atoms with van der Waals surface area (Å²) < 4.78 is 19.5. The van der Waals surface area contributed by atoms with Gasteiger partial charge < -0.3 is 10.1 Å². The van der Waals surface area contributed by atoms with E-state index in [2.05, 4.69) is 33.0 Å². The van der Waals surface area contributed by atoms with E-state index in [1.54, 1.807) is 13.0 Å². The van der Waals surface area contributed by atoms with Gasteiger partial charge in [-0.1, -0.05) is 33.8 Å². The number of halogens is 1. The molecule has 0 saturated heterocycles. The Balaban J connectivity index is 1.93. The zero-order valence-electron chi connectivity index (χ0n) is 13.2. The molecule has 20 heavy (non-hydrogen) atoms. The SMILES string of the molecule is Cc1ccc(NC2CC(OCC(C)C)C2(C)C)cc1F. The van der Waals surface area contributed by atoms with Crippen LogP contribution in [0.25, 0.3) is 0 Å². The molecule has 2 nitrogen and oxygen atoms in total. The average molecular weight is 279 g/mol. The number of benzene rings is 1. The second-order valence-electron chi connectivity index (χ2n) is 6.93. The molecule has 0 bridgehead atoms. The summed E-state index contributed by atoms with van der Waals surface area (Å²) in [6.07, 6.45) is 1.27. The number of rotatable bonds is 5. The molecule has 0 radical (unpaired) electrons. The predicted octanol–water partition coefficient (Wildman–Crippen LogP) is 4.39. The fourth-order valence-corrected chi connectivity index (χ4v) is 2.61. The van der Waals surface area contributed by atoms with E-state index >= 15 is 0 Å². The molecule has 2 rings (SSSR count). The van der Waals surface area contributed by atoms with Crippen LogP contribution in [0.5, 0.6) is 0 Å². The van der Waals surface area contributed by atoms with Crippen molar-refractivity contribution in [2.24, 2.45) is 11.3 Å². The van der Waals surface area contributed by atoms with Gasteiger partial charge in [0.05, 0.1) is 6.10 Å². The smallest absolute Gasteiger partial charge is 0.128 e. The van der Waals surface area contributed by atoms with Crippen LogP contribution >= 0.6 is 0 Å². The third-order valence-corrected chi connectivity index (χ3v) is 4.32. The number of anilines is 1. The lowest BCUT2D eigenvalue weighted by molar-refractivity contribution is -0.108. The third kappa shape index (κ3) is 3.14. The molecule has 3 heteroatoms. The highest BCUT2D eigenvalue weighted by Crippen LogP contribution is 2.44. The Morgan fingerprint density at radius 3 is 2.65 bits per heavy atom. The molecule has 0 amide bonds. The molecular formula is C17H26FNO. The van der Waals surface area contributed by atoms with Crippen LogP contribution in [0.15, 0.2) is 18.2 Å². The van der Waals surface area contributed by atoms with Gasteiger partial charge in [-0.2, -0.15) is 0 Å². The summed E-state index contributed by atoms with van der Waals surface area (Å²) in [5, 5.41) is 3.43. The maximum absolute atomic E-state index is 13.6. The van der Waals surface area contributed by atoms with Gasteiger partial charge in [-0.25, -0.2) is 4.39 Å². The van der Waals surface area contributed by atoms with Crippen molar-refractivity contribution >= 4 is 5.69 Å². The van der Waals surface area contributed by atoms with Gasteiger partial charge >= 0.3 is 0 Å². The largest absolute Gasteiger partial charge is 0.381 e. The maximum atomic E-state index is 13.6. The van der Waals surface area contributed by atoms with Crippen LogP contribution in [0.1, 0.15) is 39.7 Å². The van der Waals surface area contributed by atoms with E-state index in [0.717, 1.165) is 18.7 Å². The van der Waals surface area contributed by atoms with E-state index in [0.29, 0.717) is 17.5 Å². The van der Waals surface area contributed by atoms with Crippen LogP contribution in [0.4, 0.5) is 10.1 Å². The van der Waals surface area contributed by atoms with Crippen LogP contribution in [0, 0.1) is 24.1 Å². The summed E-state index contributed by atoms with van der Waals surface area (Å²) in [5.74, 6) is 0.406. The van der Waals surface area contributed by atoms with E-state index in [1.807, 2.05) is 12.1 Å². The summed E-state index contributed by atoms with van der Waals surface area (Å²) in [7, 11) is 0. The second kappa shape index (κ2) is 5.72. The molecule has 2 atom stereocenters. The standard InChI is InChI=1S/C17H26FNO/c1-11(2)10-20-16-9-15(17(16,4)5)19-13-7-6-12(3)14(18)8-13/h6-8,11,15-16,19H,9-10H2,1-5H3. The Bertz CT molecular complexity index is 470. The minimum atomic E-state index is -0.153. The second-order valence-corrected chi connectivity index (χ2v) is 6.93. The van der Waals surface area contributed by atoms with Crippen molar-refractivity contribution in [1.29, 1.82) is 0 Å². The number of hydrogen-bond acceptors (Lipinski definition) is 2. The van der Waals surface area contributed by atoms with Gasteiger partial charge in [0.15, 0.2) is 0 Å². The van der Waals surface area contributed by atoms with Gasteiger partial charge in [0.25, 0.3) is 0 Å². The van der Waals surface area contributed by atoms with E-state index in [4.69, 9.17) is 4.74 Å². The Morgan fingerprint density at radius 1 is 1.40 bits per heavy atom. The van der Waals surface area contributed by atoms with E-state index in [1.165, 1.54) is 0 Å². The van der Waals surface area contributed by atoms with Gasteiger partial charge in [-0.15, -0.1) is 0 Å². The highest BCUT2D eigenvalue weighted by atomic mass is 19.1. The first-order chi connectivity index (χ1) is 9.30. The molecule has 1 fully saturated rings. The number of hydrogen-bond donors (Lipinski definition) is 1. The Hall–Kier alpha value is -1.09. The topological polar surface area (TPSA) is 21.3 Å². The fourth-order valence-electron chi connectivity index (χ4n) is 2.61. The molecule has 1 aromatic rings. The molecular weight excluding hydrogens is 253 g/mol. The molecule has 112 valence electrons. The van der Waals surface area contributed by atoms with Crippen LogP contribution in [-0.4, -0.2) is 18.8 Å². The van der Waals surface area contributed by atoms with Crippen LogP contribution in [-0.2, 0) is 4.74 Å². The fraction of sp³-hybridized carbons (Fsp3) is 0.647. The number of nitrogens with one attached hydrogen (secondary N) is 1. The zero-order chi connectivity index (χ0) is 14.9. The quantitative estimate of drug-likeness (QED) is 0.863. The van der Waals surface area contributed by atoms with Gasteiger partial charge in [0.1, 0.15) is 5.82 Å². The lowest BCUT2D eigenvalue weighted by Crippen LogP contribution is -2.58. The van der Waals surface area contributed by atoms with Crippen molar-refractivity contribution in [3.05, 3.63) is 29.6 Å². The summed E-state index contributed by atoms with van der Waals surface area (Å²) >= 11 is 0. The van der Waals surface area contributed by atoms with E-state index in [9.17, 15) is 4.39 Å². The minimum absolute atomic E-state index is 0.0796. The van der Waals surface area contributed by atoms with Gasteiger partial charge in [0.2, 0.25) is 0 Å². The van der Waals surface area contributed by atoms with Crippen molar-refractivity contribution in [3.63, 3.8) is 0 Å². The minimum Gasteiger partial charge on any atom is -0.381 e. The molecule has 2 unspecified atom stereocenters. The average Bonchev–Trinajstić information content (AvgIpc) is 2.36. The normalized spacial score (nSPS) is 24.6. The lowest BCUT2D eigenvalue weighted by atomic mass is 9.64. The number of ether oxygens (including phenoxy) is 1. The van der Waals surface area contributed by atoms with Crippen molar-refractivity contribution in [2.45, 2.75) is 53.2 Å². The molecule has 0 spiro atoms. The molecule has 0 aliphatic heterocycles. The van der Waals surface area contributed by atoms with Crippen molar-refractivity contribution in [3.8, 4) is 0 Å². The Labute approximate surface area is 121 Å². The van der Waals surface area contributed by atoms with Gasteiger partial charge in [-0.3, -0.25) is 0 Å². The first kappa shape index (κ1) is 15.3. The van der Waals surface area contributed by atoms with Gasteiger partial charge in [0, 0.05) is 23.8 Å². The van der Waals surface area contributed by atoms with Crippen LogP contribution in [0.3, 0.4) is 0 Å². The predicted molar refractivity (Wildman–Crippen MR) is 81.5 cm³/mol. The third-order valence-electron chi connectivity index (χ3n) is 4.32. The summed E-state index contributed by atoms with van der Waals surface area (Å²) in [6, 6.07) is 5.67. The molecule has 1 saturated carbocycles. The van der Waals surface area contributed by atoms with Crippen LogP contribution in [0.2, 0.25) is 0 Å². The first-order valence-electron chi connectivity index (χ1n) is 7.45. The highest BCUT2D eigenvalue weighted by molar-refractivity contribution is 5.47. The van der Waals surface area contributed by atoms with Crippen molar-refractivity contribution in [2.75, 3.05) is 11.9 Å². The zero-order valence-corrected chi connectivity index (χ0v) is 13.2. The molecule has 0 aromatic heterocycles. The summed E-state index contributed by atoms with van der Waals surface area (Å²) in [4.78, 5) is 0. The highest BCUT2D eigenvalue weighted by Gasteiger charge is 2.49. The lowest BCUT2D eigenvalue weighted by Gasteiger charge is -2.52. The summed E-state index contributed by atoms with van der Waals surface area (Å²) in [5.41, 5.74) is 1.62. The Morgan fingerprint density at radius 2 is 2.10 bits per heavy atom. The van der Waals surface area contributed by atoms with Crippen molar-refractivity contribution in [1.82, 2.24) is 0 Å². The van der Waals surface area contributed by atoms with Crippen LogP contribution < -0.4 is 5.32 Å². The molecule has 1 aliphatic rings. The summed E-state index contributed by atoms with van der Waals surface area (Å²) in [6.45, 7) is 11.3. The molecule has 1 aliphatic carbocycles. The first-order valence-corrected chi connectivity index (χ1v) is 7.45. The Kier molecular flexibility index (Phi) is 4.38. The number of aryl methyl sites for hydroxylation is 1. The van der Waals surface area contributed by atoms with Crippen molar-refractivity contribution < 1.29 is 9.13 Å². The van der Waals surface area contributed by atoms with Gasteiger partial charge in [-0.05, 0) is 37.0 Å². The van der Waals surface area contributed by atoms with E-state index in [-0.39, 0.29) is 17.3 Å².